The number of aromatic nitrogens is 2. The van der Waals surface area contributed by atoms with E-state index in [1.807, 2.05) is 24.7 Å². The molecular weight excluding hydrogens is 241 g/mol. The molecule has 1 aromatic heterocycles. The molecule has 0 spiro atoms. The van der Waals surface area contributed by atoms with Gasteiger partial charge in [0.05, 0.1) is 12.0 Å². The SMILES string of the molecule is CC(C)n1cncc1CN(C)Cc1ccc(F)cc1. The van der Waals surface area contributed by atoms with Gasteiger partial charge in [-0.2, -0.15) is 0 Å². The number of nitrogens with zero attached hydrogens (tertiary/aromatic N) is 3. The number of hydrogen-bond donors (Lipinski definition) is 0. The second-order valence-corrected chi connectivity index (χ2v) is 5.18. The minimum absolute atomic E-state index is 0.190. The zero-order chi connectivity index (χ0) is 13.8. The van der Waals surface area contributed by atoms with E-state index in [1.54, 1.807) is 0 Å². The van der Waals surface area contributed by atoms with Crippen molar-refractivity contribution in [1.82, 2.24) is 14.5 Å². The van der Waals surface area contributed by atoms with Crippen molar-refractivity contribution < 1.29 is 4.39 Å². The Hall–Kier alpha value is -1.68. The summed E-state index contributed by atoms with van der Waals surface area (Å²) in [4.78, 5) is 6.40. The molecule has 0 saturated heterocycles. The van der Waals surface area contributed by atoms with Crippen LogP contribution in [-0.4, -0.2) is 21.5 Å². The van der Waals surface area contributed by atoms with Crippen LogP contribution in [0.25, 0.3) is 0 Å². The lowest BCUT2D eigenvalue weighted by Gasteiger charge is -2.19. The second kappa shape index (κ2) is 5.97. The molecule has 2 rings (SSSR count). The van der Waals surface area contributed by atoms with Gasteiger partial charge < -0.3 is 4.57 Å². The van der Waals surface area contributed by atoms with E-state index in [2.05, 4.69) is 35.3 Å². The first-order valence-corrected chi connectivity index (χ1v) is 6.50. The summed E-state index contributed by atoms with van der Waals surface area (Å²) in [5, 5.41) is 0. The molecule has 1 aromatic carbocycles. The fourth-order valence-electron chi connectivity index (χ4n) is 2.15. The van der Waals surface area contributed by atoms with E-state index in [-0.39, 0.29) is 5.82 Å². The van der Waals surface area contributed by atoms with Crippen molar-refractivity contribution in [3.8, 4) is 0 Å². The van der Waals surface area contributed by atoms with E-state index in [4.69, 9.17) is 0 Å². The lowest BCUT2D eigenvalue weighted by Crippen LogP contribution is -2.19. The Morgan fingerprint density at radius 3 is 2.53 bits per heavy atom. The van der Waals surface area contributed by atoms with Crippen LogP contribution in [0.1, 0.15) is 31.1 Å². The molecule has 0 aliphatic heterocycles. The summed E-state index contributed by atoms with van der Waals surface area (Å²) in [6, 6.07) is 7.07. The Kier molecular flexibility index (Phi) is 4.32. The Bertz CT molecular complexity index is 516. The zero-order valence-electron chi connectivity index (χ0n) is 11.7. The minimum Gasteiger partial charge on any atom is -0.331 e. The third kappa shape index (κ3) is 3.64. The van der Waals surface area contributed by atoms with Crippen LogP contribution in [0.5, 0.6) is 0 Å². The van der Waals surface area contributed by atoms with Gasteiger partial charge in [-0.1, -0.05) is 12.1 Å². The molecule has 0 N–H and O–H groups in total. The lowest BCUT2D eigenvalue weighted by molar-refractivity contribution is 0.307. The number of halogens is 1. The van der Waals surface area contributed by atoms with Gasteiger partial charge in [0.2, 0.25) is 0 Å². The van der Waals surface area contributed by atoms with Gasteiger partial charge in [-0.15, -0.1) is 0 Å². The molecule has 0 aliphatic carbocycles. The van der Waals surface area contributed by atoms with E-state index in [0.29, 0.717) is 6.04 Å². The molecule has 0 radical (unpaired) electrons. The van der Waals surface area contributed by atoms with Crippen molar-refractivity contribution in [3.05, 3.63) is 53.9 Å². The molecule has 0 amide bonds. The fraction of sp³-hybridized carbons (Fsp3) is 0.400. The van der Waals surface area contributed by atoms with Crippen molar-refractivity contribution in [1.29, 1.82) is 0 Å². The van der Waals surface area contributed by atoms with Gasteiger partial charge in [0.25, 0.3) is 0 Å². The van der Waals surface area contributed by atoms with Crippen LogP contribution in [0.3, 0.4) is 0 Å². The first-order chi connectivity index (χ1) is 9.06. The van der Waals surface area contributed by atoms with E-state index < -0.39 is 0 Å². The normalized spacial score (nSPS) is 11.5. The summed E-state index contributed by atoms with van der Waals surface area (Å²) in [6.45, 7) is 5.91. The molecule has 19 heavy (non-hydrogen) atoms. The molecule has 0 aliphatic rings. The summed E-state index contributed by atoms with van der Waals surface area (Å²) < 4.78 is 15.0. The van der Waals surface area contributed by atoms with Crippen LogP contribution in [0.15, 0.2) is 36.8 Å². The van der Waals surface area contributed by atoms with Gasteiger partial charge in [-0.25, -0.2) is 9.37 Å². The molecule has 0 fully saturated rings. The first-order valence-electron chi connectivity index (χ1n) is 6.50. The van der Waals surface area contributed by atoms with Gasteiger partial charge in [0.15, 0.2) is 0 Å². The number of imidazole rings is 1. The molecule has 0 bridgehead atoms. The molecule has 0 unspecified atom stereocenters. The van der Waals surface area contributed by atoms with E-state index in [9.17, 15) is 4.39 Å². The van der Waals surface area contributed by atoms with Crippen LogP contribution in [0.2, 0.25) is 0 Å². The highest BCUT2D eigenvalue weighted by atomic mass is 19.1. The maximum Gasteiger partial charge on any atom is 0.123 e. The Balaban J connectivity index is 1.99. The minimum atomic E-state index is -0.190. The standard InChI is InChI=1S/C15H20FN3/c1-12(2)19-11-17-8-15(19)10-18(3)9-13-4-6-14(16)7-5-13/h4-8,11-12H,9-10H2,1-3H3. The predicted molar refractivity (Wildman–Crippen MR) is 74.2 cm³/mol. The summed E-state index contributed by atoms with van der Waals surface area (Å²) in [5.74, 6) is -0.190. The average Bonchev–Trinajstić information content (AvgIpc) is 2.80. The zero-order valence-corrected chi connectivity index (χ0v) is 11.7. The highest BCUT2D eigenvalue weighted by Crippen LogP contribution is 2.12. The Morgan fingerprint density at radius 2 is 1.89 bits per heavy atom. The second-order valence-electron chi connectivity index (χ2n) is 5.18. The van der Waals surface area contributed by atoms with Gasteiger partial charge in [0.1, 0.15) is 5.82 Å². The average molecular weight is 261 g/mol. The third-order valence-electron chi connectivity index (χ3n) is 3.10. The molecule has 1 heterocycles. The number of benzene rings is 1. The molecule has 0 atom stereocenters. The lowest BCUT2D eigenvalue weighted by atomic mass is 10.2. The molecule has 0 saturated carbocycles. The maximum absolute atomic E-state index is 12.8. The van der Waals surface area contributed by atoms with E-state index in [1.165, 1.54) is 17.8 Å². The summed E-state index contributed by atoms with van der Waals surface area (Å²) in [5.41, 5.74) is 2.30. The fourth-order valence-corrected chi connectivity index (χ4v) is 2.15. The molecule has 4 heteroatoms. The first kappa shape index (κ1) is 13.7. The van der Waals surface area contributed by atoms with Crippen LogP contribution in [0, 0.1) is 5.82 Å². The quantitative estimate of drug-likeness (QED) is 0.824. The topological polar surface area (TPSA) is 21.1 Å². The van der Waals surface area contributed by atoms with Gasteiger partial charge in [-0.3, -0.25) is 4.90 Å². The van der Waals surface area contributed by atoms with Gasteiger partial charge >= 0.3 is 0 Å². The van der Waals surface area contributed by atoms with Crippen molar-refractivity contribution in [3.63, 3.8) is 0 Å². The molecule has 3 nitrogen and oxygen atoms in total. The largest absolute Gasteiger partial charge is 0.331 e. The number of rotatable bonds is 5. The number of hydrogen-bond acceptors (Lipinski definition) is 2. The third-order valence-corrected chi connectivity index (χ3v) is 3.10. The van der Waals surface area contributed by atoms with Crippen molar-refractivity contribution in [2.45, 2.75) is 33.0 Å². The summed E-state index contributed by atoms with van der Waals surface area (Å²) >= 11 is 0. The Labute approximate surface area is 113 Å². The molecule has 2 aromatic rings. The van der Waals surface area contributed by atoms with Gasteiger partial charge in [-0.05, 0) is 38.6 Å². The van der Waals surface area contributed by atoms with Crippen molar-refractivity contribution in [2.75, 3.05) is 7.05 Å². The predicted octanol–water partition coefficient (Wildman–Crippen LogP) is 3.24. The highest BCUT2D eigenvalue weighted by Gasteiger charge is 2.08. The maximum atomic E-state index is 12.8. The van der Waals surface area contributed by atoms with Crippen molar-refractivity contribution >= 4 is 0 Å². The summed E-state index contributed by atoms with van der Waals surface area (Å²) in [7, 11) is 2.06. The Morgan fingerprint density at radius 1 is 1.21 bits per heavy atom. The smallest absolute Gasteiger partial charge is 0.123 e. The molecule has 102 valence electrons. The van der Waals surface area contributed by atoms with Crippen LogP contribution >= 0.6 is 0 Å². The monoisotopic (exact) mass is 261 g/mol. The van der Waals surface area contributed by atoms with Crippen LogP contribution < -0.4 is 0 Å². The van der Waals surface area contributed by atoms with Crippen LogP contribution in [0.4, 0.5) is 4.39 Å². The highest BCUT2D eigenvalue weighted by molar-refractivity contribution is 5.16. The summed E-state index contributed by atoms with van der Waals surface area (Å²) in [6.07, 6.45) is 3.77. The molecular formula is C15H20FN3. The van der Waals surface area contributed by atoms with E-state index in [0.717, 1.165) is 18.7 Å². The van der Waals surface area contributed by atoms with Gasteiger partial charge in [0, 0.05) is 25.3 Å². The van der Waals surface area contributed by atoms with Crippen molar-refractivity contribution in [2.24, 2.45) is 0 Å². The van der Waals surface area contributed by atoms with Crippen LogP contribution in [-0.2, 0) is 13.1 Å². The van der Waals surface area contributed by atoms with E-state index >= 15 is 0 Å².